The van der Waals surface area contributed by atoms with E-state index in [9.17, 15) is 13.2 Å². The smallest absolute Gasteiger partial charge is 0.226 e. The van der Waals surface area contributed by atoms with E-state index in [4.69, 9.17) is 4.74 Å². The van der Waals surface area contributed by atoms with Gasteiger partial charge in [-0.2, -0.15) is 0 Å². The molecule has 1 aromatic carbocycles. The fraction of sp³-hybridized carbons (Fsp3) is 0.562. The zero-order chi connectivity index (χ0) is 17.2. The number of hydrogen-bond acceptors (Lipinski definition) is 4. The van der Waals surface area contributed by atoms with E-state index in [1.54, 1.807) is 19.0 Å². The summed E-state index contributed by atoms with van der Waals surface area (Å²) in [5.74, 6) is 0.680. The molecule has 1 aliphatic rings. The predicted molar refractivity (Wildman–Crippen MR) is 88.8 cm³/mol. The van der Waals surface area contributed by atoms with Gasteiger partial charge in [0, 0.05) is 32.1 Å². The molecule has 1 amide bonds. The molecule has 23 heavy (non-hydrogen) atoms. The third-order valence-electron chi connectivity index (χ3n) is 4.22. The topological polar surface area (TPSA) is 66.9 Å². The normalized spacial score (nSPS) is 22.8. The fourth-order valence-electron chi connectivity index (χ4n) is 2.60. The number of para-hydroxylation sites is 1. The number of carbonyl (C=O) groups is 1. The molecule has 0 bridgehead atoms. The van der Waals surface area contributed by atoms with E-state index in [0.717, 1.165) is 5.56 Å². The Labute approximate surface area is 138 Å². The Morgan fingerprint density at radius 2 is 2.00 bits per heavy atom. The summed E-state index contributed by atoms with van der Waals surface area (Å²) in [6.45, 7) is 2.74. The van der Waals surface area contributed by atoms with Crippen LogP contribution in [-0.4, -0.2) is 63.1 Å². The molecule has 0 spiro atoms. The van der Waals surface area contributed by atoms with Gasteiger partial charge in [0.15, 0.2) is 0 Å². The van der Waals surface area contributed by atoms with Crippen LogP contribution in [0.1, 0.15) is 12.5 Å². The molecule has 6 nitrogen and oxygen atoms in total. The Balaban J connectivity index is 2.33. The lowest BCUT2D eigenvalue weighted by Crippen LogP contribution is -2.43. The van der Waals surface area contributed by atoms with Crippen molar-refractivity contribution in [2.24, 2.45) is 5.92 Å². The van der Waals surface area contributed by atoms with Crippen LogP contribution in [0.4, 0.5) is 0 Å². The highest BCUT2D eigenvalue weighted by atomic mass is 32.2. The second kappa shape index (κ2) is 6.88. The minimum Gasteiger partial charge on any atom is -0.488 e. The average molecular weight is 340 g/mol. The quantitative estimate of drug-likeness (QED) is 0.822. The lowest BCUT2D eigenvalue weighted by Gasteiger charge is -2.30. The number of carbonyl (C=O) groups excluding carboxylic acids is 1. The maximum Gasteiger partial charge on any atom is 0.226 e. The van der Waals surface area contributed by atoms with Gasteiger partial charge in [-0.25, -0.2) is 12.7 Å². The molecule has 0 N–H and O–H groups in total. The number of benzene rings is 1. The number of sulfonamides is 1. The van der Waals surface area contributed by atoms with Crippen molar-refractivity contribution in [1.29, 1.82) is 0 Å². The van der Waals surface area contributed by atoms with Gasteiger partial charge in [-0.15, -0.1) is 0 Å². The minimum absolute atomic E-state index is 0.000642. The van der Waals surface area contributed by atoms with Gasteiger partial charge in [-0.3, -0.25) is 4.79 Å². The zero-order valence-electron chi connectivity index (χ0n) is 14.0. The first-order chi connectivity index (χ1) is 10.7. The second-order valence-corrected chi connectivity index (χ2v) is 8.33. The van der Waals surface area contributed by atoms with Crippen molar-refractivity contribution in [2.45, 2.75) is 19.4 Å². The van der Waals surface area contributed by atoms with Gasteiger partial charge in [-0.05, 0) is 6.07 Å². The molecule has 128 valence electrons. The largest absolute Gasteiger partial charge is 0.488 e. The van der Waals surface area contributed by atoms with Gasteiger partial charge < -0.3 is 9.64 Å². The van der Waals surface area contributed by atoms with Crippen LogP contribution in [-0.2, 0) is 21.2 Å². The van der Waals surface area contributed by atoms with Crippen molar-refractivity contribution in [1.82, 2.24) is 9.21 Å². The van der Waals surface area contributed by atoms with Crippen molar-refractivity contribution in [3.8, 4) is 5.75 Å². The molecular weight excluding hydrogens is 316 g/mol. The van der Waals surface area contributed by atoms with Crippen LogP contribution in [0.15, 0.2) is 24.3 Å². The Bertz CT molecular complexity index is 674. The third-order valence-corrected chi connectivity index (χ3v) is 5.50. The van der Waals surface area contributed by atoms with Gasteiger partial charge >= 0.3 is 0 Å². The molecule has 7 heteroatoms. The highest BCUT2D eigenvalue weighted by molar-refractivity contribution is 7.88. The van der Waals surface area contributed by atoms with E-state index in [1.807, 2.05) is 31.2 Å². The molecule has 1 aromatic rings. The maximum absolute atomic E-state index is 12.3. The Kier molecular flexibility index (Phi) is 5.31. The van der Waals surface area contributed by atoms with Gasteiger partial charge in [0.1, 0.15) is 11.9 Å². The van der Waals surface area contributed by atoms with E-state index in [-0.39, 0.29) is 30.9 Å². The Hall–Kier alpha value is -1.60. The van der Waals surface area contributed by atoms with Crippen molar-refractivity contribution in [3.05, 3.63) is 29.8 Å². The second-order valence-electron chi connectivity index (χ2n) is 6.24. The van der Waals surface area contributed by atoms with Gasteiger partial charge in [-0.1, -0.05) is 25.1 Å². The van der Waals surface area contributed by atoms with Crippen molar-refractivity contribution < 1.29 is 17.9 Å². The molecule has 2 rings (SSSR count). The summed E-state index contributed by atoms with van der Waals surface area (Å²) >= 11 is 0. The fourth-order valence-corrected chi connectivity index (χ4v) is 3.02. The predicted octanol–water partition coefficient (Wildman–Crippen LogP) is 0.976. The SMILES string of the molecule is C[C@H]1CN(C)C(=O)Cc2ccccc2O[C@@H]1CN(C)S(C)(=O)=O. The summed E-state index contributed by atoms with van der Waals surface area (Å²) in [6.07, 6.45) is 1.13. The average Bonchev–Trinajstić information content (AvgIpc) is 2.49. The highest BCUT2D eigenvalue weighted by Gasteiger charge is 2.29. The molecule has 0 aromatic heterocycles. The first-order valence-corrected chi connectivity index (χ1v) is 9.43. The van der Waals surface area contributed by atoms with Crippen LogP contribution in [0.2, 0.25) is 0 Å². The van der Waals surface area contributed by atoms with Crippen molar-refractivity contribution in [2.75, 3.05) is 33.4 Å². The van der Waals surface area contributed by atoms with Gasteiger partial charge in [0.05, 0.1) is 19.2 Å². The molecule has 0 radical (unpaired) electrons. The van der Waals surface area contributed by atoms with Crippen LogP contribution in [0.5, 0.6) is 5.75 Å². The molecular formula is C16H24N2O4S. The first kappa shape index (κ1) is 17.7. The molecule has 2 atom stereocenters. The van der Waals surface area contributed by atoms with E-state index < -0.39 is 10.0 Å². The number of hydrogen-bond donors (Lipinski definition) is 0. The summed E-state index contributed by atoms with van der Waals surface area (Å²) in [7, 11) is 0.0238. The van der Waals surface area contributed by atoms with E-state index in [0.29, 0.717) is 12.3 Å². The summed E-state index contributed by atoms with van der Waals surface area (Å²) in [5.41, 5.74) is 0.824. The maximum atomic E-state index is 12.3. The van der Waals surface area contributed by atoms with E-state index in [2.05, 4.69) is 0 Å². The van der Waals surface area contributed by atoms with Crippen LogP contribution < -0.4 is 4.74 Å². The highest BCUT2D eigenvalue weighted by Crippen LogP contribution is 2.25. The summed E-state index contributed by atoms with van der Waals surface area (Å²) < 4.78 is 30.8. The standard InChI is InChI=1S/C16H24N2O4S/c1-12-10-17(2)16(19)9-13-7-5-6-8-14(13)22-15(12)11-18(3)23(4,20)21/h5-8,12,15H,9-11H2,1-4H3/t12-,15+/m0/s1. The van der Waals surface area contributed by atoms with Gasteiger partial charge in [0.25, 0.3) is 0 Å². The van der Waals surface area contributed by atoms with Crippen molar-refractivity contribution in [3.63, 3.8) is 0 Å². The van der Waals surface area contributed by atoms with E-state index >= 15 is 0 Å². The molecule has 1 aliphatic heterocycles. The summed E-state index contributed by atoms with van der Waals surface area (Å²) in [5, 5.41) is 0. The number of rotatable bonds is 3. The lowest BCUT2D eigenvalue weighted by molar-refractivity contribution is -0.129. The third kappa shape index (κ3) is 4.45. The van der Waals surface area contributed by atoms with Gasteiger partial charge in [0.2, 0.25) is 15.9 Å². The summed E-state index contributed by atoms with van der Waals surface area (Å²) in [6, 6.07) is 7.42. The van der Waals surface area contributed by atoms with Crippen molar-refractivity contribution >= 4 is 15.9 Å². The molecule has 0 saturated carbocycles. The first-order valence-electron chi connectivity index (χ1n) is 7.58. The van der Waals surface area contributed by atoms with E-state index in [1.165, 1.54) is 10.6 Å². The zero-order valence-corrected chi connectivity index (χ0v) is 14.8. The lowest BCUT2D eigenvalue weighted by atomic mass is 10.0. The molecule has 1 heterocycles. The van der Waals surface area contributed by atoms with Crippen LogP contribution in [0.25, 0.3) is 0 Å². The number of ether oxygens (including phenoxy) is 1. The number of amides is 1. The Morgan fingerprint density at radius 1 is 1.35 bits per heavy atom. The molecule has 0 fully saturated rings. The number of likely N-dealkylation sites (N-methyl/N-ethyl adjacent to an activating group) is 2. The van der Waals surface area contributed by atoms with Crippen LogP contribution >= 0.6 is 0 Å². The monoisotopic (exact) mass is 340 g/mol. The number of nitrogens with zero attached hydrogens (tertiary/aromatic N) is 2. The Morgan fingerprint density at radius 3 is 2.65 bits per heavy atom. The molecule has 0 unspecified atom stereocenters. The number of fused-ring (bicyclic) bond motifs is 1. The minimum atomic E-state index is -3.28. The summed E-state index contributed by atoms with van der Waals surface area (Å²) in [4.78, 5) is 14.0. The van der Waals surface area contributed by atoms with Crippen LogP contribution in [0, 0.1) is 5.92 Å². The molecule has 0 saturated heterocycles. The van der Waals surface area contributed by atoms with Crippen LogP contribution in [0.3, 0.4) is 0 Å². The molecule has 0 aliphatic carbocycles.